The molecule has 1 saturated carbocycles. The summed E-state index contributed by atoms with van der Waals surface area (Å²) in [5, 5.41) is 9.19. The molecule has 1 aliphatic carbocycles. The van der Waals surface area contributed by atoms with Crippen molar-refractivity contribution >= 4 is 11.2 Å². The monoisotopic (exact) mass is 481 g/mol. The van der Waals surface area contributed by atoms with Gasteiger partial charge >= 0.3 is 0 Å². The third kappa shape index (κ3) is 4.06. The number of para-hydroxylation sites is 1. The van der Waals surface area contributed by atoms with Crippen LogP contribution in [-0.4, -0.2) is 40.7 Å². The van der Waals surface area contributed by atoms with Crippen LogP contribution in [0.15, 0.2) is 71.9 Å². The first-order chi connectivity index (χ1) is 17.7. The Morgan fingerprint density at radius 1 is 1.06 bits per heavy atom. The molecule has 0 spiro atoms. The average molecular weight is 482 g/mol. The standard InChI is InChI=1S/C27H27N7O2/c1-32-24(30-21-12-6-15-28-27(21)32)13-7-17-36-23-18-33(19-10-5-11-19)31-25(26(23)35)22-14-16-29-34(22)20-8-3-2-4-9-20/h2-4,6,8-9,12,14-16,18-19H,5,7,10-11,13,17H2,1H3. The van der Waals surface area contributed by atoms with E-state index in [0.29, 0.717) is 23.7 Å². The van der Waals surface area contributed by atoms with Crippen LogP contribution in [0.25, 0.3) is 28.2 Å². The fourth-order valence-electron chi connectivity index (χ4n) is 4.56. The molecule has 0 radical (unpaired) electrons. The summed E-state index contributed by atoms with van der Waals surface area (Å²) in [4.78, 5) is 22.6. The lowest BCUT2D eigenvalue weighted by Gasteiger charge is -2.27. The van der Waals surface area contributed by atoms with Gasteiger partial charge in [0.05, 0.1) is 36.4 Å². The van der Waals surface area contributed by atoms with Gasteiger partial charge in [-0.2, -0.15) is 10.2 Å². The molecule has 5 aromatic rings. The Hall–Kier alpha value is -4.27. The van der Waals surface area contributed by atoms with Gasteiger partial charge in [0.25, 0.3) is 5.43 Å². The minimum absolute atomic E-state index is 0.227. The van der Waals surface area contributed by atoms with E-state index in [0.717, 1.165) is 48.4 Å². The van der Waals surface area contributed by atoms with E-state index in [1.54, 1.807) is 23.3 Å². The lowest BCUT2D eigenvalue weighted by atomic mass is 9.93. The fourth-order valence-corrected chi connectivity index (χ4v) is 4.56. The molecule has 6 rings (SSSR count). The van der Waals surface area contributed by atoms with E-state index in [9.17, 15) is 4.79 Å². The maximum Gasteiger partial charge on any atom is 0.251 e. The maximum absolute atomic E-state index is 13.5. The van der Waals surface area contributed by atoms with Gasteiger partial charge in [-0.3, -0.25) is 9.48 Å². The fraction of sp³-hybridized carbons (Fsp3) is 0.296. The lowest BCUT2D eigenvalue weighted by Crippen LogP contribution is -2.25. The second kappa shape index (κ2) is 9.41. The molecule has 0 bridgehead atoms. The van der Waals surface area contributed by atoms with Crippen LogP contribution < -0.4 is 10.2 Å². The van der Waals surface area contributed by atoms with Crippen LogP contribution in [0.5, 0.6) is 5.75 Å². The van der Waals surface area contributed by atoms with Crippen molar-refractivity contribution in [2.45, 2.75) is 38.1 Å². The van der Waals surface area contributed by atoms with E-state index < -0.39 is 0 Å². The minimum atomic E-state index is -0.227. The second-order valence-corrected chi connectivity index (χ2v) is 9.08. The third-order valence-corrected chi connectivity index (χ3v) is 6.76. The highest BCUT2D eigenvalue weighted by Crippen LogP contribution is 2.32. The smallest absolute Gasteiger partial charge is 0.251 e. The molecule has 9 nitrogen and oxygen atoms in total. The normalized spacial score (nSPS) is 13.7. The van der Waals surface area contributed by atoms with Crippen molar-refractivity contribution in [3.05, 3.63) is 83.2 Å². The van der Waals surface area contributed by atoms with Crippen molar-refractivity contribution in [1.82, 2.24) is 34.1 Å². The van der Waals surface area contributed by atoms with Crippen molar-refractivity contribution in [2.24, 2.45) is 7.05 Å². The van der Waals surface area contributed by atoms with Crippen LogP contribution in [0.2, 0.25) is 0 Å². The number of aromatic nitrogens is 7. The number of rotatable bonds is 8. The number of imidazole rings is 1. The van der Waals surface area contributed by atoms with Gasteiger partial charge in [0.2, 0.25) is 0 Å². The van der Waals surface area contributed by atoms with Gasteiger partial charge in [0.15, 0.2) is 17.1 Å². The van der Waals surface area contributed by atoms with Gasteiger partial charge in [0, 0.05) is 19.7 Å². The SMILES string of the molecule is Cn1c(CCCOc2cn(C3CCC3)nc(-c3ccnn3-c3ccccc3)c2=O)nc2cccnc21. The quantitative estimate of drug-likeness (QED) is 0.310. The summed E-state index contributed by atoms with van der Waals surface area (Å²) in [5.41, 5.74) is 3.39. The lowest BCUT2D eigenvalue weighted by molar-refractivity contribution is 0.268. The average Bonchev–Trinajstić information content (AvgIpc) is 3.48. The Labute approximate surface area is 208 Å². The number of benzene rings is 1. The predicted octanol–water partition coefficient (Wildman–Crippen LogP) is 4.11. The summed E-state index contributed by atoms with van der Waals surface area (Å²) in [7, 11) is 1.97. The van der Waals surface area contributed by atoms with E-state index in [1.165, 1.54) is 6.42 Å². The van der Waals surface area contributed by atoms with E-state index in [-0.39, 0.29) is 11.5 Å². The number of aryl methyl sites for hydroxylation is 2. The highest BCUT2D eigenvalue weighted by Gasteiger charge is 2.24. The van der Waals surface area contributed by atoms with Crippen LogP contribution in [0.1, 0.15) is 37.5 Å². The number of pyridine rings is 1. The molecule has 36 heavy (non-hydrogen) atoms. The molecular weight excluding hydrogens is 454 g/mol. The zero-order valence-corrected chi connectivity index (χ0v) is 20.1. The van der Waals surface area contributed by atoms with Crippen molar-refractivity contribution in [2.75, 3.05) is 6.61 Å². The first-order valence-corrected chi connectivity index (χ1v) is 12.3. The number of hydrogen-bond acceptors (Lipinski definition) is 6. The van der Waals surface area contributed by atoms with Gasteiger partial charge in [-0.25, -0.2) is 14.6 Å². The topological polar surface area (TPSA) is 92.7 Å². The van der Waals surface area contributed by atoms with Gasteiger partial charge in [-0.15, -0.1) is 0 Å². The first kappa shape index (κ1) is 22.2. The molecule has 0 N–H and O–H groups in total. The molecule has 1 aromatic carbocycles. The minimum Gasteiger partial charge on any atom is -0.488 e. The molecule has 0 atom stereocenters. The van der Waals surface area contributed by atoms with E-state index >= 15 is 0 Å². The summed E-state index contributed by atoms with van der Waals surface area (Å²) in [6, 6.07) is 15.7. The Balaban J connectivity index is 1.26. The summed E-state index contributed by atoms with van der Waals surface area (Å²) in [5.74, 6) is 1.26. The van der Waals surface area contributed by atoms with E-state index in [1.807, 2.05) is 64.8 Å². The summed E-state index contributed by atoms with van der Waals surface area (Å²) in [6.07, 6.45) is 9.94. The van der Waals surface area contributed by atoms with Crippen LogP contribution in [0.3, 0.4) is 0 Å². The van der Waals surface area contributed by atoms with Crippen molar-refractivity contribution in [3.63, 3.8) is 0 Å². The molecular formula is C27H27N7O2. The zero-order valence-electron chi connectivity index (χ0n) is 20.1. The summed E-state index contributed by atoms with van der Waals surface area (Å²) in [6.45, 7) is 0.401. The highest BCUT2D eigenvalue weighted by atomic mass is 16.5. The molecule has 1 fully saturated rings. The highest BCUT2D eigenvalue weighted by molar-refractivity contribution is 5.70. The van der Waals surface area contributed by atoms with Crippen molar-refractivity contribution in [3.8, 4) is 22.8 Å². The number of nitrogens with zero attached hydrogens (tertiary/aromatic N) is 7. The largest absolute Gasteiger partial charge is 0.488 e. The van der Waals surface area contributed by atoms with Crippen molar-refractivity contribution in [1.29, 1.82) is 0 Å². The van der Waals surface area contributed by atoms with Crippen LogP contribution in [-0.2, 0) is 13.5 Å². The number of ether oxygens (including phenoxy) is 1. The number of fused-ring (bicyclic) bond motifs is 1. The zero-order chi connectivity index (χ0) is 24.5. The van der Waals surface area contributed by atoms with Gasteiger partial charge in [-0.05, 0) is 56.0 Å². The molecule has 1 aliphatic rings. The van der Waals surface area contributed by atoms with Gasteiger partial charge in [0.1, 0.15) is 11.3 Å². The Morgan fingerprint density at radius 2 is 1.92 bits per heavy atom. The van der Waals surface area contributed by atoms with Crippen LogP contribution in [0, 0.1) is 0 Å². The molecule has 182 valence electrons. The number of hydrogen-bond donors (Lipinski definition) is 0. The van der Waals surface area contributed by atoms with Gasteiger partial charge < -0.3 is 9.30 Å². The Kier molecular flexibility index (Phi) is 5.80. The molecule has 4 aromatic heterocycles. The molecule has 9 heteroatoms. The molecule has 4 heterocycles. The summed E-state index contributed by atoms with van der Waals surface area (Å²) >= 11 is 0. The van der Waals surface area contributed by atoms with E-state index in [4.69, 9.17) is 9.84 Å². The third-order valence-electron chi connectivity index (χ3n) is 6.76. The van der Waals surface area contributed by atoms with Crippen LogP contribution in [0.4, 0.5) is 0 Å². The predicted molar refractivity (Wildman–Crippen MR) is 136 cm³/mol. The van der Waals surface area contributed by atoms with Crippen LogP contribution >= 0.6 is 0 Å². The maximum atomic E-state index is 13.5. The summed E-state index contributed by atoms with van der Waals surface area (Å²) < 4.78 is 11.7. The molecule has 0 saturated heterocycles. The van der Waals surface area contributed by atoms with E-state index in [2.05, 4.69) is 15.1 Å². The Morgan fingerprint density at radius 3 is 2.69 bits per heavy atom. The first-order valence-electron chi connectivity index (χ1n) is 12.3. The van der Waals surface area contributed by atoms with Crippen molar-refractivity contribution < 1.29 is 4.74 Å². The molecule has 0 amide bonds. The second-order valence-electron chi connectivity index (χ2n) is 9.08. The Bertz CT molecular complexity index is 1560. The molecule has 0 unspecified atom stereocenters. The van der Waals surface area contributed by atoms with Gasteiger partial charge in [-0.1, -0.05) is 18.2 Å². The molecule has 0 aliphatic heterocycles.